The van der Waals surface area contributed by atoms with Gasteiger partial charge in [0.1, 0.15) is 5.75 Å². The van der Waals surface area contributed by atoms with E-state index in [-0.39, 0.29) is 5.75 Å². The van der Waals surface area contributed by atoms with Crippen molar-refractivity contribution in [1.29, 1.82) is 0 Å². The summed E-state index contributed by atoms with van der Waals surface area (Å²) in [4.78, 5) is 5.78. The molecule has 2 aromatic carbocycles. The molecule has 0 aliphatic carbocycles. The van der Waals surface area contributed by atoms with Crippen LogP contribution in [0.3, 0.4) is 0 Å². The first-order chi connectivity index (χ1) is 7.78. The molecule has 0 spiro atoms. The molecule has 1 N–H and O–H groups in total. The Balaban J connectivity index is 2.15. The first-order valence-corrected chi connectivity index (χ1v) is 5.57. The molecule has 0 atom stereocenters. The number of hydrogen-bond acceptors (Lipinski definition) is 2. The number of hydrogen-bond donors (Lipinski definition) is 1. The van der Waals surface area contributed by atoms with E-state index in [1.807, 2.05) is 36.4 Å². The van der Waals surface area contributed by atoms with Crippen LogP contribution in [-0.4, -0.2) is 5.11 Å². The molecular weight excluding hydrogens is 218 g/mol. The first-order valence-electron chi connectivity index (χ1n) is 4.76. The van der Waals surface area contributed by atoms with Gasteiger partial charge in [-0.05, 0) is 41.2 Å². The second-order valence-electron chi connectivity index (χ2n) is 3.22. The van der Waals surface area contributed by atoms with Gasteiger partial charge in [0.05, 0.1) is 0 Å². The van der Waals surface area contributed by atoms with Gasteiger partial charge in [-0.25, -0.2) is 0 Å². The number of rotatable bonds is 2. The highest BCUT2D eigenvalue weighted by atomic mass is 32.2. The fourth-order valence-corrected chi connectivity index (χ4v) is 2.07. The highest BCUT2D eigenvalue weighted by Crippen LogP contribution is 2.29. The molecule has 3 heteroatoms. The Morgan fingerprint density at radius 1 is 0.875 bits per heavy atom. The smallest absolute Gasteiger partial charge is 0.339 e. The van der Waals surface area contributed by atoms with Crippen molar-refractivity contribution in [1.82, 2.24) is 0 Å². The predicted octanol–water partition coefficient (Wildman–Crippen LogP) is 4.14. The average Bonchev–Trinajstić information content (AvgIpc) is 2.33. The van der Waals surface area contributed by atoms with Crippen LogP contribution in [0.4, 0.5) is 5.69 Å². The second kappa shape index (κ2) is 4.73. The lowest BCUT2D eigenvalue weighted by molar-refractivity contribution is 0.475. The van der Waals surface area contributed by atoms with E-state index < -0.39 is 0 Å². The van der Waals surface area contributed by atoms with E-state index in [9.17, 15) is 0 Å². The topological polar surface area (TPSA) is 24.6 Å². The Bertz CT molecular complexity index is 511. The normalized spacial score (nSPS) is 9.69. The molecule has 0 aliphatic heterocycles. The van der Waals surface area contributed by atoms with E-state index in [1.165, 1.54) is 0 Å². The van der Waals surface area contributed by atoms with Crippen LogP contribution in [0.2, 0.25) is 0 Å². The predicted molar refractivity (Wildman–Crippen MR) is 66.6 cm³/mol. The summed E-state index contributed by atoms with van der Waals surface area (Å²) in [5, 5.41) is 9.16. The molecule has 78 valence electrons. The minimum absolute atomic E-state index is 0.279. The van der Waals surface area contributed by atoms with Crippen LogP contribution in [-0.2, 0) is 0 Å². The summed E-state index contributed by atoms with van der Waals surface area (Å²) in [6.45, 7) is 5.16. The van der Waals surface area contributed by atoms with E-state index in [0.717, 1.165) is 15.5 Å². The molecule has 2 nitrogen and oxygen atoms in total. The quantitative estimate of drug-likeness (QED) is 0.835. The van der Waals surface area contributed by atoms with Gasteiger partial charge in [-0.1, -0.05) is 11.8 Å². The van der Waals surface area contributed by atoms with E-state index in [2.05, 4.69) is 4.85 Å². The molecular formula is C13H10NOS+. The third-order valence-corrected chi connectivity index (χ3v) is 3.07. The standard InChI is InChI=1S/C13H9NOS/c1-14-10-2-6-12(7-3-10)16-13-8-4-11(15)5-9-13/h1-9H/p+1. The molecule has 2 aromatic rings. The van der Waals surface area contributed by atoms with Gasteiger partial charge in [0.2, 0.25) is 0 Å². The summed E-state index contributed by atoms with van der Waals surface area (Å²) in [6.07, 6.45) is 0. The molecule has 0 bridgehead atoms. The van der Waals surface area contributed by atoms with Crippen LogP contribution in [0, 0.1) is 6.57 Å². The minimum atomic E-state index is 0.279. The highest BCUT2D eigenvalue weighted by Gasteiger charge is 2.01. The Morgan fingerprint density at radius 3 is 1.88 bits per heavy atom. The van der Waals surface area contributed by atoms with E-state index in [1.54, 1.807) is 23.9 Å². The Labute approximate surface area is 98.4 Å². The van der Waals surface area contributed by atoms with Crippen molar-refractivity contribution in [2.75, 3.05) is 0 Å². The zero-order chi connectivity index (χ0) is 11.4. The van der Waals surface area contributed by atoms with Gasteiger partial charge in [0.25, 0.3) is 6.57 Å². The number of phenolic OH excluding ortho intramolecular Hbond substituents is 1. The van der Waals surface area contributed by atoms with Crippen LogP contribution in [0.5, 0.6) is 5.75 Å². The maximum Gasteiger partial charge on any atom is 0.339 e. The number of phenols is 1. The lowest BCUT2D eigenvalue weighted by Gasteiger charge is -2.00. The van der Waals surface area contributed by atoms with Crippen molar-refractivity contribution in [2.45, 2.75) is 9.79 Å². The van der Waals surface area contributed by atoms with Crippen molar-refractivity contribution in [3.63, 3.8) is 0 Å². The molecule has 0 radical (unpaired) electrons. The molecule has 0 aliphatic rings. The first kappa shape index (κ1) is 10.6. The summed E-state index contributed by atoms with van der Waals surface area (Å²) in [5.41, 5.74) is 0.759. The molecule has 16 heavy (non-hydrogen) atoms. The Hall–Kier alpha value is -1.92. The summed E-state index contributed by atoms with van der Waals surface area (Å²) >= 11 is 1.62. The third-order valence-electron chi connectivity index (χ3n) is 2.06. The lowest BCUT2D eigenvalue weighted by Crippen LogP contribution is -1.72. The summed E-state index contributed by atoms with van der Waals surface area (Å²) in [7, 11) is 0. The maximum absolute atomic E-state index is 9.16. The Morgan fingerprint density at radius 2 is 1.38 bits per heavy atom. The molecule has 2 rings (SSSR count). The second-order valence-corrected chi connectivity index (χ2v) is 4.37. The van der Waals surface area contributed by atoms with Crippen LogP contribution < -0.4 is 0 Å². The van der Waals surface area contributed by atoms with Crippen LogP contribution in [0.25, 0.3) is 4.85 Å². The van der Waals surface area contributed by atoms with Crippen molar-refractivity contribution < 1.29 is 5.11 Å². The zero-order valence-corrected chi connectivity index (χ0v) is 9.32. The van der Waals surface area contributed by atoms with Gasteiger partial charge in [-0.3, -0.25) is 0 Å². The number of nitrogens with zero attached hydrogens (tertiary/aromatic N) is 1. The van der Waals surface area contributed by atoms with Gasteiger partial charge in [0, 0.05) is 21.9 Å². The molecule has 0 unspecified atom stereocenters. The third kappa shape index (κ3) is 2.56. The largest absolute Gasteiger partial charge is 0.508 e. The van der Waals surface area contributed by atoms with Crippen molar-refractivity contribution in [3.8, 4) is 12.3 Å². The molecule has 0 saturated heterocycles. The highest BCUT2D eigenvalue weighted by molar-refractivity contribution is 7.99. The van der Waals surface area contributed by atoms with Crippen LogP contribution in [0.15, 0.2) is 58.3 Å². The SMILES string of the molecule is C#[N+]c1ccc(Sc2ccc(O)cc2)cc1. The van der Waals surface area contributed by atoms with E-state index in [4.69, 9.17) is 11.7 Å². The molecule has 0 aromatic heterocycles. The van der Waals surface area contributed by atoms with Crippen LogP contribution >= 0.6 is 11.8 Å². The maximum atomic E-state index is 9.16. The van der Waals surface area contributed by atoms with Crippen molar-refractivity contribution in [2.24, 2.45) is 0 Å². The van der Waals surface area contributed by atoms with Crippen LogP contribution in [0.1, 0.15) is 0 Å². The van der Waals surface area contributed by atoms with Gasteiger partial charge in [-0.2, -0.15) is 0 Å². The molecule has 0 saturated carbocycles. The number of aromatic hydroxyl groups is 1. The van der Waals surface area contributed by atoms with Crippen molar-refractivity contribution in [3.05, 3.63) is 53.4 Å². The lowest BCUT2D eigenvalue weighted by atomic mass is 10.3. The van der Waals surface area contributed by atoms with Gasteiger partial charge in [0.15, 0.2) is 0 Å². The monoisotopic (exact) mass is 228 g/mol. The minimum Gasteiger partial charge on any atom is -0.508 e. The Kier molecular flexibility index (Phi) is 3.13. The summed E-state index contributed by atoms with van der Waals surface area (Å²) < 4.78 is 0. The zero-order valence-electron chi connectivity index (χ0n) is 8.50. The molecule has 0 heterocycles. The fourth-order valence-electron chi connectivity index (χ4n) is 1.25. The fraction of sp³-hybridized carbons (Fsp3) is 0. The van der Waals surface area contributed by atoms with Gasteiger partial charge in [-0.15, -0.1) is 0 Å². The number of benzene rings is 2. The summed E-state index contributed by atoms with van der Waals surface area (Å²) in [5.74, 6) is 0.279. The summed E-state index contributed by atoms with van der Waals surface area (Å²) in [6, 6.07) is 14.7. The van der Waals surface area contributed by atoms with E-state index in [0.29, 0.717) is 0 Å². The van der Waals surface area contributed by atoms with Gasteiger partial charge >= 0.3 is 5.69 Å². The molecule has 0 amide bonds. The van der Waals surface area contributed by atoms with Gasteiger partial charge < -0.3 is 5.11 Å². The van der Waals surface area contributed by atoms with E-state index >= 15 is 0 Å². The van der Waals surface area contributed by atoms with Crippen molar-refractivity contribution >= 4 is 17.4 Å². The molecule has 0 fully saturated rings. The average molecular weight is 228 g/mol.